The van der Waals surface area contributed by atoms with Crippen LogP contribution < -0.4 is 15.0 Å². The highest BCUT2D eigenvalue weighted by atomic mass is 16.6. The van der Waals surface area contributed by atoms with Crippen molar-refractivity contribution in [2.24, 2.45) is 5.41 Å². The van der Waals surface area contributed by atoms with Gasteiger partial charge in [-0.3, -0.25) is 4.90 Å². The standard InChI is InChI=1S/C31H41N7O3/c1-23-18-37(19-25(9-13-32)38(23)30(39)40-20-24-7-3-2-4-8-24)28-26-10-14-33-17-27(26)34-29(35-28)41-22-31(11-12-31)21-36-15-5-6-16-36/h2-4,7-8,23,25,33H,5-6,9-12,14-22H2,1H3/t23-,25-/m0/s1. The van der Waals surface area contributed by atoms with E-state index in [1.54, 1.807) is 4.90 Å². The molecule has 218 valence electrons. The molecule has 10 nitrogen and oxygen atoms in total. The fourth-order valence-corrected chi connectivity index (χ4v) is 6.55. The predicted molar refractivity (Wildman–Crippen MR) is 154 cm³/mol. The van der Waals surface area contributed by atoms with Gasteiger partial charge in [0.2, 0.25) is 0 Å². The highest BCUT2D eigenvalue weighted by Crippen LogP contribution is 2.47. The molecule has 10 heteroatoms. The molecule has 4 heterocycles. The zero-order valence-corrected chi connectivity index (χ0v) is 24.1. The molecule has 1 saturated carbocycles. The SMILES string of the molecule is C[C@H]1CN(c2nc(OCC3(CN4CCCC4)CC3)nc3c2CCNC3)C[C@H](CC#N)N1C(=O)OCc1ccccc1. The number of benzene rings is 1. The fraction of sp³-hybridized carbons (Fsp3) is 0.613. The van der Waals surface area contributed by atoms with E-state index in [1.165, 1.54) is 38.8 Å². The first-order chi connectivity index (χ1) is 20.0. The molecule has 1 aromatic heterocycles. The number of carbonyl (C=O) groups is 1. The Morgan fingerprint density at radius 1 is 1.17 bits per heavy atom. The van der Waals surface area contributed by atoms with Gasteiger partial charge in [-0.05, 0) is 64.2 Å². The van der Waals surface area contributed by atoms with Crippen molar-refractivity contribution in [2.75, 3.05) is 50.8 Å². The summed E-state index contributed by atoms with van der Waals surface area (Å²) in [6.45, 7) is 9.01. The van der Waals surface area contributed by atoms with Crippen LogP contribution in [0.1, 0.15) is 55.8 Å². The lowest BCUT2D eigenvalue weighted by Crippen LogP contribution is -2.60. The Morgan fingerprint density at radius 3 is 2.73 bits per heavy atom. The summed E-state index contributed by atoms with van der Waals surface area (Å²) in [6, 6.07) is 11.9. The third-order valence-electron chi connectivity index (χ3n) is 8.94. The van der Waals surface area contributed by atoms with Crippen LogP contribution in [0.3, 0.4) is 0 Å². The van der Waals surface area contributed by atoms with Crippen molar-refractivity contribution in [3.8, 4) is 12.1 Å². The van der Waals surface area contributed by atoms with Crippen LogP contribution >= 0.6 is 0 Å². The van der Waals surface area contributed by atoms with Crippen LogP contribution in [-0.4, -0.2) is 83.8 Å². The molecule has 0 spiro atoms. The summed E-state index contributed by atoms with van der Waals surface area (Å²) in [5.41, 5.74) is 3.28. The zero-order valence-electron chi connectivity index (χ0n) is 24.1. The van der Waals surface area contributed by atoms with Crippen LogP contribution in [0.5, 0.6) is 6.01 Å². The van der Waals surface area contributed by atoms with Gasteiger partial charge in [0.05, 0.1) is 36.9 Å². The Kier molecular flexibility index (Phi) is 8.26. The summed E-state index contributed by atoms with van der Waals surface area (Å²) in [5.74, 6) is 0.878. The maximum Gasteiger partial charge on any atom is 0.410 e. The number of aromatic nitrogens is 2. The van der Waals surface area contributed by atoms with Crippen molar-refractivity contribution in [1.29, 1.82) is 5.26 Å². The van der Waals surface area contributed by atoms with Crippen LogP contribution in [0.2, 0.25) is 0 Å². The number of hydrogen-bond donors (Lipinski definition) is 1. The number of nitriles is 1. The average Bonchev–Trinajstić information content (AvgIpc) is 3.56. The van der Waals surface area contributed by atoms with Gasteiger partial charge in [0.15, 0.2) is 0 Å². The minimum Gasteiger partial charge on any atom is -0.463 e. The zero-order chi connectivity index (χ0) is 28.2. The Bertz CT molecular complexity index is 1260. The van der Waals surface area contributed by atoms with Crippen LogP contribution in [0.4, 0.5) is 10.6 Å². The molecule has 3 aliphatic heterocycles. The molecule has 1 aromatic carbocycles. The third-order valence-corrected chi connectivity index (χ3v) is 8.94. The Morgan fingerprint density at radius 2 is 1.98 bits per heavy atom. The number of hydrogen-bond acceptors (Lipinski definition) is 9. The van der Waals surface area contributed by atoms with E-state index in [0.717, 1.165) is 42.1 Å². The van der Waals surface area contributed by atoms with E-state index in [4.69, 9.17) is 19.4 Å². The summed E-state index contributed by atoms with van der Waals surface area (Å²) in [5, 5.41) is 13.1. The van der Waals surface area contributed by atoms with E-state index in [-0.39, 0.29) is 36.6 Å². The van der Waals surface area contributed by atoms with E-state index in [2.05, 4.69) is 21.2 Å². The van der Waals surface area contributed by atoms with Crippen LogP contribution in [0.15, 0.2) is 30.3 Å². The summed E-state index contributed by atoms with van der Waals surface area (Å²) in [6.07, 6.45) is 5.65. The Labute approximate surface area is 242 Å². The minimum atomic E-state index is -0.382. The average molecular weight is 560 g/mol. The highest BCUT2D eigenvalue weighted by Gasteiger charge is 2.45. The number of nitrogens with one attached hydrogen (secondary N) is 1. The number of amides is 1. The van der Waals surface area contributed by atoms with E-state index >= 15 is 0 Å². The molecule has 1 aliphatic carbocycles. The quantitative estimate of drug-likeness (QED) is 0.494. The normalized spacial score (nSPS) is 23.5. The third kappa shape index (κ3) is 6.41. The molecule has 0 radical (unpaired) electrons. The lowest BCUT2D eigenvalue weighted by atomic mass is 10.0. The Balaban J connectivity index is 1.17. The molecule has 2 aromatic rings. The van der Waals surface area contributed by atoms with E-state index < -0.39 is 0 Å². The summed E-state index contributed by atoms with van der Waals surface area (Å²) in [4.78, 5) is 29.6. The molecule has 2 saturated heterocycles. The highest BCUT2D eigenvalue weighted by molar-refractivity contribution is 5.69. The van der Waals surface area contributed by atoms with E-state index in [0.29, 0.717) is 32.3 Å². The van der Waals surface area contributed by atoms with Crippen LogP contribution in [0.25, 0.3) is 0 Å². The molecule has 6 rings (SSSR count). The molecule has 3 fully saturated rings. The molecule has 41 heavy (non-hydrogen) atoms. The van der Waals surface area contributed by atoms with Gasteiger partial charge in [-0.25, -0.2) is 4.79 Å². The second kappa shape index (κ2) is 12.2. The number of likely N-dealkylation sites (tertiary alicyclic amines) is 1. The number of ether oxygens (including phenoxy) is 2. The number of carbonyl (C=O) groups excluding carboxylic acids is 1. The Hall–Kier alpha value is -3.42. The molecule has 1 N–H and O–H groups in total. The number of nitrogens with zero attached hydrogens (tertiary/aromatic N) is 6. The van der Waals surface area contributed by atoms with Gasteiger partial charge in [0.25, 0.3) is 0 Å². The molecule has 0 unspecified atom stereocenters. The maximum absolute atomic E-state index is 13.2. The van der Waals surface area contributed by atoms with Gasteiger partial charge in [-0.2, -0.15) is 15.2 Å². The topological polar surface area (TPSA) is 107 Å². The van der Waals surface area contributed by atoms with Gasteiger partial charge in [-0.15, -0.1) is 0 Å². The van der Waals surface area contributed by atoms with E-state index in [9.17, 15) is 10.1 Å². The maximum atomic E-state index is 13.2. The van der Waals surface area contributed by atoms with Crippen LogP contribution in [0, 0.1) is 16.7 Å². The van der Waals surface area contributed by atoms with Crippen molar-refractivity contribution in [1.82, 2.24) is 25.1 Å². The molecular weight excluding hydrogens is 518 g/mol. The first-order valence-corrected chi connectivity index (χ1v) is 15.1. The van der Waals surface area contributed by atoms with Gasteiger partial charge in [-0.1, -0.05) is 30.3 Å². The summed E-state index contributed by atoms with van der Waals surface area (Å²) >= 11 is 0. The van der Waals surface area contributed by atoms with Gasteiger partial charge >= 0.3 is 12.1 Å². The smallest absolute Gasteiger partial charge is 0.410 e. The van der Waals surface area contributed by atoms with Crippen molar-refractivity contribution in [3.63, 3.8) is 0 Å². The fourth-order valence-electron chi connectivity index (χ4n) is 6.55. The number of anilines is 1. The lowest BCUT2D eigenvalue weighted by Gasteiger charge is -2.45. The lowest BCUT2D eigenvalue weighted by molar-refractivity contribution is 0.0581. The molecule has 2 atom stereocenters. The summed E-state index contributed by atoms with van der Waals surface area (Å²) < 4.78 is 12.0. The monoisotopic (exact) mass is 559 g/mol. The van der Waals surface area contributed by atoms with E-state index in [1.807, 2.05) is 37.3 Å². The minimum absolute atomic E-state index is 0.155. The van der Waals surface area contributed by atoms with Crippen molar-refractivity contribution in [2.45, 2.75) is 70.7 Å². The second-order valence-electron chi connectivity index (χ2n) is 12.2. The molecule has 1 amide bonds. The van der Waals surface area contributed by atoms with Gasteiger partial charge in [0, 0.05) is 37.2 Å². The van der Waals surface area contributed by atoms with Crippen LogP contribution in [-0.2, 0) is 24.3 Å². The first-order valence-electron chi connectivity index (χ1n) is 15.1. The predicted octanol–water partition coefficient (Wildman–Crippen LogP) is 3.51. The summed E-state index contributed by atoms with van der Waals surface area (Å²) in [7, 11) is 0. The van der Waals surface area contributed by atoms with Crippen molar-refractivity contribution in [3.05, 3.63) is 47.2 Å². The first kappa shape index (κ1) is 27.7. The number of rotatable bonds is 9. The molecular formula is C31H41N7O3. The second-order valence-corrected chi connectivity index (χ2v) is 12.2. The molecule has 4 aliphatic rings. The van der Waals surface area contributed by atoms with Gasteiger partial charge in [0.1, 0.15) is 12.4 Å². The number of piperazine rings is 1. The van der Waals surface area contributed by atoms with Crippen molar-refractivity contribution >= 4 is 11.9 Å². The molecule has 0 bridgehead atoms. The number of fused-ring (bicyclic) bond motifs is 1. The largest absolute Gasteiger partial charge is 0.463 e. The van der Waals surface area contributed by atoms with Gasteiger partial charge < -0.3 is 24.6 Å². The van der Waals surface area contributed by atoms with Crippen molar-refractivity contribution < 1.29 is 14.3 Å².